The molecule has 2 aromatic heterocycles. The summed E-state index contributed by atoms with van der Waals surface area (Å²) >= 11 is 0. The van der Waals surface area contributed by atoms with E-state index in [1.165, 1.54) is 6.20 Å². The van der Waals surface area contributed by atoms with E-state index in [9.17, 15) is 26.7 Å². The van der Waals surface area contributed by atoms with Crippen molar-refractivity contribution >= 4 is 6.03 Å². The first-order valence-electron chi connectivity index (χ1n) is 13.1. The van der Waals surface area contributed by atoms with Crippen LogP contribution in [0.3, 0.4) is 0 Å². The van der Waals surface area contributed by atoms with E-state index in [1.807, 2.05) is 9.80 Å². The zero-order chi connectivity index (χ0) is 26.5. The molecule has 5 fully saturated rings. The molecule has 2 spiro atoms. The largest absolute Gasteiger partial charge is 0.434 e. The van der Waals surface area contributed by atoms with Crippen molar-refractivity contribution in [2.45, 2.75) is 68.9 Å². The van der Waals surface area contributed by atoms with Crippen LogP contribution in [0.2, 0.25) is 0 Å². The minimum atomic E-state index is -4.48. The number of nitrogens with zero attached hydrogens (tertiary/aromatic N) is 6. The molecule has 3 saturated carbocycles. The zero-order valence-corrected chi connectivity index (χ0v) is 20.6. The number of urea groups is 1. The van der Waals surface area contributed by atoms with Crippen molar-refractivity contribution in [3.63, 3.8) is 0 Å². The van der Waals surface area contributed by atoms with Crippen molar-refractivity contribution in [1.29, 1.82) is 0 Å². The predicted octanol–water partition coefficient (Wildman–Crippen LogP) is 4.38. The van der Waals surface area contributed by atoms with Crippen molar-refractivity contribution < 1.29 is 26.7 Å². The standard InChI is InChI=1S/C25H28F5N7O/c26-24(27)6-16(7-24)20-33-19(34-35-20)15-4-23(5-15)12-37(13-23)21(38)36-10-22(11-36)2-14(3-22)1-17-8-32-18(9-31-17)25(28,29)30/h8-9,14-16H,1-7,10-13H2,(H,33,34,35). The molecule has 4 heterocycles. The number of hydrogen-bond acceptors (Lipinski definition) is 5. The van der Waals surface area contributed by atoms with Crippen molar-refractivity contribution in [2.24, 2.45) is 16.7 Å². The fourth-order valence-corrected chi connectivity index (χ4v) is 7.40. The van der Waals surface area contributed by atoms with Gasteiger partial charge in [-0.1, -0.05) is 0 Å². The van der Waals surface area contributed by atoms with E-state index < -0.39 is 17.8 Å². The van der Waals surface area contributed by atoms with E-state index in [4.69, 9.17) is 0 Å². The highest BCUT2D eigenvalue weighted by atomic mass is 19.4. The van der Waals surface area contributed by atoms with Crippen LogP contribution in [0.15, 0.2) is 12.4 Å². The Morgan fingerprint density at radius 2 is 1.55 bits per heavy atom. The molecule has 5 aliphatic rings. The second-order valence-corrected chi connectivity index (χ2v) is 12.5. The van der Waals surface area contributed by atoms with Crippen LogP contribution in [0.4, 0.5) is 26.7 Å². The number of hydrogen-bond donors (Lipinski definition) is 1. The van der Waals surface area contributed by atoms with Crippen molar-refractivity contribution in [2.75, 3.05) is 26.2 Å². The lowest BCUT2D eigenvalue weighted by Crippen LogP contribution is -2.71. The predicted molar refractivity (Wildman–Crippen MR) is 122 cm³/mol. The molecule has 2 amide bonds. The van der Waals surface area contributed by atoms with Gasteiger partial charge in [0.25, 0.3) is 0 Å². The van der Waals surface area contributed by atoms with E-state index in [0.29, 0.717) is 23.9 Å². The van der Waals surface area contributed by atoms with Gasteiger partial charge in [-0.05, 0) is 38.0 Å². The molecule has 8 nitrogen and oxygen atoms in total. The molecule has 2 aliphatic heterocycles. The minimum absolute atomic E-state index is 0.0784. The lowest BCUT2D eigenvalue weighted by molar-refractivity contribution is -0.141. The molecule has 0 bridgehead atoms. The Morgan fingerprint density at radius 3 is 2.11 bits per heavy atom. The number of amides is 2. The van der Waals surface area contributed by atoms with Gasteiger partial charge in [0, 0.05) is 67.9 Å². The molecule has 0 radical (unpaired) electrons. The number of carbonyl (C=O) groups excluding carboxylic acids is 1. The van der Waals surface area contributed by atoms with Gasteiger partial charge >= 0.3 is 12.2 Å². The van der Waals surface area contributed by atoms with Crippen LogP contribution in [-0.2, 0) is 12.6 Å². The summed E-state index contributed by atoms with van der Waals surface area (Å²) in [6, 6.07) is 0.0784. The van der Waals surface area contributed by atoms with Gasteiger partial charge in [-0.2, -0.15) is 18.3 Å². The third-order valence-electron chi connectivity index (χ3n) is 9.30. The lowest BCUT2D eigenvalue weighted by atomic mass is 9.56. The third-order valence-corrected chi connectivity index (χ3v) is 9.30. The number of alkyl halides is 5. The van der Waals surface area contributed by atoms with E-state index >= 15 is 0 Å². The number of aromatic amines is 1. The summed E-state index contributed by atoms with van der Waals surface area (Å²) in [6.07, 6.45) is 1.51. The molecule has 38 heavy (non-hydrogen) atoms. The van der Waals surface area contributed by atoms with Crippen LogP contribution in [-0.4, -0.2) is 73.1 Å². The first-order chi connectivity index (χ1) is 17.9. The molecule has 1 N–H and O–H groups in total. The SMILES string of the molecule is O=C(N1CC2(CC(Cc3cnc(C(F)(F)F)cn3)C2)C1)N1CC2(CC(c3nc(C4CC(F)(F)C4)n[nH]3)C2)C1. The van der Waals surface area contributed by atoms with Gasteiger partial charge in [0.05, 0.1) is 11.9 Å². The quantitative estimate of drug-likeness (QED) is 0.585. The summed E-state index contributed by atoms with van der Waals surface area (Å²) in [6.45, 7) is 2.93. The molecule has 204 valence electrons. The molecule has 2 saturated heterocycles. The molecule has 0 atom stereocenters. The molecule has 7 rings (SSSR count). The van der Waals surface area contributed by atoms with Gasteiger partial charge in [0.1, 0.15) is 5.82 Å². The van der Waals surface area contributed by atoms with E-state index in [-0.39, 0.29) is 41.5 Å². The molecular weight excluding hydrogens is 509 g/mol. The first kappa shape index (κ1) is 24.2. The maximum absolute atomic E-state index is 13.1. The Kier molecular flexibility index (Phi) is 4.99. The summed E-state index contributed by atoms with van der Waals surface area (Å²) in [4.78, 5) is 28.6. The van der Waals surface area contributed by atoms with E-state index in [2.05, 4.69) is 25.1 Å². The fraction of sp³-hybridized carbons (Fsp3) is 0.720. The second-order valence-electron chi connectivity index (χ2n) is 12.5. The highest BCUT2D eigenvalue weighted by Gasteiger charge is 2.59. The molecule has 0 unspecified atom stereocenters. The number of rotatable bonds is 4. The zero-order valence-electron chi connectivity index (χ0n) is 20.6. The average Bonchev–Trinajstić information content (AvgIpc) is 3.19. The van der Waals surface area contributed by atoms with Crippen LogP contribution in [0.1, 0.15) is 73.4 Å². The smallest absolute Gasteiger partial charge is 0.323 e. The Labute approximate surface area is 215 Å². The Hall–Kier alpha value is -2.86. The summed E-state index contributed by atoms with van der Waals surface area (Å²) in [5.74, 6) is -0.983. The average molecular weight is 538 g/mol. The maximum atomic E-state index is 13.1. The maximum Gasteiger partial charge on any atom is 0.434 e. The molecule has 13 heteroatoms. The fourth-order valence-electron chi connectivity index (χ4n) is 7.40. The van der Waals surface area contributed by atoms with E-state index in [1.54, 1.807) is 0 Å². The molecular formula is C25H28F5N7O. The Bertz CT molecular complexity index is 1230. The minimum Gasteiger partial charge on any atom is -0.323 e. The number of nitrogens with one attached hydrogen (secondary N) is 1. The van der Waals surface area contributed by atoms with Gasteiger partial charge in [0.15, 0.2) is 11.5 Å². The third kappa shape index (κ3) is 4.03. The summed E-state index contributed by atoms with van der Waals surface area (Å²) in [5, 5.41) is 7.11. The number of halogens is 5. The molecule has 2 aromatic rings. The molecule has 0 aromatic carbocycles. The number of aromatic nitrogens is 5. The van der Waals surface area contributed by atoms with Crippen LogP contribution in [0.5, 0.6) is 0 Å². The van der Waals surface area contributed by atoms with Gasteiger partial charge in [-0.25, -0.2) is 23.5 Å². The van der Waals surface area contributed by atoms with Gasteiger partial charge < -0.3 is 9.80 Å². The summed E-state index contributed by atoms with van der Waals surface area (Å²) < 4.78 is 64.2. The highest BCUT2D eigenvalue weighted by Crippen LogP contribution is 2.57. The number of H-pyrrole nitrogens is 1. The lowest BCUT2D eigenvalue weighted by Gasteiger charge is -2.63. The van der Waals surface area contributed by atoms with E-state index in [0.717, 1.165) is 63.9 Å². The van der Waals surface area contributed by atoms with Crippen LogP contribution >= 0.6 is 0 Å². The monoisotopic (exact) mass is 537 g/mol. The topological polar surface area (TPSA) is 90.9 Å². The molecule has 3 aliphatic carbocycles. The van der Waals surface area contributed by atoms with Gasteiger partial charge in [-0.15, -0.1) is 0 Å². The van der Waals surface area contributed by atoms with Gasteiger partial charge in [-0.3, -0.25) is 10.1 Å². The summed E-state index contributed by atoms with van der Waals surface area (Å²) in [7, 11) is 0. The van der Waals surface area contributed by atoms with Gasteiger partial charge in [0.2, 0.25) is 5.92 Å². The van der Waals surface area contributed by atoms with Crippen LogP contribution < -0.4 is 0 Å². The number of carbonyl (C=O) groups is 1. The first-order valence-corrected chi connectivity index (χ1v) is 13.1. The van der Waals surface area contributed by atoms with Crippen molar-refractivity contribution in [1.82, 2.24) is 34.9 Å². The normalized spacial score (nSPS) is 25.9. The Morgan fingerprint density at radius 1 is 0.921 bits per heavy atom. The highest BCUT2D eigenvalue weighted by molar-refractivity contribution is 5.77. The van der Waals surface area contributed by atoms with Crippen LogP contribution in [0, 0.1) is 16.7 Å². The van der Waals surface area contributed by atoms with Crippen molar-refractivity contribution in [3.8, 4) is 0 Å². The second kappa shape index (κ2) is 7.84. The summed E-state index contributed by atoms with van der Waals surface area (Å²) in [5.41, 5.74) is -0.140. The number of likely N-dealkylation sites (tertiary alicyclic amines) is 2. The van der Waals surface area contributed by atoms with Crippen LogP contribution in [0.25, 0.3) is 0 Å². The van der Waals surface area contributed by atoms with Crippen molar-refractivity contribution in [3.05, 3.63) is 35.4 Å². The Balaban J connectivity index is 0.828.